The van der Waals surface area contributed by atoms with Gasteiger partial charge in [0.25, 0.3) is 0 Å². The molecule has 0 N–H and O–H groups in total. The molecule has 5 rings (SSSR count). The maximum atomic E-state index is 4.40. The minimum atomic E-state index is 0.154. The van der Waals surface area contributed by atoms with Crippen LogP contribution in [-0.2, 0) is 0 Å². The highest BCUT2D eigenvalue weighted by molar-refractivity contribution is 5.34. The third kappa shape index (κ3) is 5.54. The number of rotatable bonds is 10. The molecule has 6 atom stereocenters. The second-order valence-corrected chi connectivity index (χ2v) is 10.7. The van der Waals surface area contributed by atoms with Gasteiger partial charge in [0.2, 0.25) is 0 Å². The van der Waals surface area contributed by atoms with Crippen LogP contribution in [0.5, 0.6) is 0 Å². The lowest BCUT2D eigenvalue weighted by atomic mass is 9.78. The highest BCUT2D eigenvalue weighted by atomic mass is 15.4. The van der Waals surface area contributed by atoms with Gasteiger partial charge in [-0.05, 0) is 36.1 Å². The first-order valence-corrected chi connectivity index (χ1v) is 14.1. The molecule has 39 heavy (non-hydrogen) atoms. The Bertz CT molecular complexity index is 1210. The van der Waals surface area contributed by atoms with E-state index in [9.17, 15) is 0 Å². The second kappa shape index (κ2) is 12.4. The van der Waals surface area contributed by atoms with Crippen molar-refractivity contribution in [2.45, 2.75) is 49.9 Å². The van der Waals surface area contributed by atoms with E-state index in [1.54, 1.807) is 0 Å². The summed E-state index contributed by atoms with van der Waals surface area (Å²) in [5.74, 6) is 0.308. The molecule has 1 aliphatic rings. The monoisotopic (exact) mass is 512 g/mol. The van der Waals surface area contributed by atoms with E-state index in [1.807, 2.05) is 0 Å². The number of nitrogens with zero attached hydrogens (tertiary/aromatic N) is 2. The van der Waals surface area contributed by atoms with Gasteiger partial charge in [-0.15, -0.1) is 13.2 Å². The van der Waals surface area contributed by atoms with E-state index in [-0.39, 0.29) is 36.0 Å². The summed E-state index contributed by atoms with van der Waals surface area (Å²) < 4.78 is 0. The van der Waals surface area contributed by atoms with Crippen LogP contribution in [0.4, 0.5) is 0 Å². The molecule has 198 valence electrons. The van der Waals surface area contributed by atoms with E-state index in [0.717, 1.165) is 6.67 Å². The van der Waals surface area contributed by atoms with Crippen LogP contribution in [0.15, 0.2) is 147 Å². The van der Waals surface area contributed by atoms with Crippen LogP contribution in [0.2, 0.25) is 0 Å². The van der Waals surface area contributed by atoms with Gasteiger partial charge in [0.05, 0.1) is 6.67 Å². The number of hydrogen-bond donors (Lipinski definition) is 0. The maximum absolute atomic E-state index is 4.40. The van der Waals surface area contributed by atoms with E-state index >= 15 is 0 Å². The Kier molecular flexibility index (Phi) is 8.56. The number of benzene rings is 4. The zero-order chi connectivity index (χ0) is 27.2. The predicted molar refractivity (Wildman–Crippen MR) is 165 cm³/mol. The lowest BCUT2D eigenvalue weighted by Gasteiger charge is -2.40. The zero-order valence-corrected chi connectivity index (χ0v) is 23.2. The van der Waals surface area contributed by atoms with Crippen LogP contribution < -0.4 is 0 Å². The minimum absolute atomic E-state index is 0.154. The maximum Gasteiger partial charge on any atom is 0.0525 e. The summed E-state index contributed by atoms with van der Waals surface area (Å²) >= 11 is 0. The van der Waals surface area contributed by atoms with E-state index in [0.29, 0.717) is 0 Å². The van der Waals surface area contributed by atoms with Gasteiger partial charge in [-0.2, -0.15) is 0 Å². The van der Waals surface area contributed by atoms with E-state index in [1.165, 1.54) is 22.3 Å². The second-order valence-electron chi connectivity index (χ2n) is 10.7. The van der Waals surface area contributed by atoms with Crippen LogP contribution in [0.25, 0.3) is 0 Å². The van der Waals surface area contributed by atoms with Crippen molar-refractivity contribution in [3.8, 4) is 0 Å². The van der Waals surface area contributed by atoms with Gasteiger partial charge in [-0.1, -0.05) is 133 Å². The fourth-order valence-corrected chi connectivity index (χ4v) is 6.51. The molecule has 0 radical (unpaired) electrons. The molecule has 0 unspecified atom stereocenters. The quantitative estimate of drug-likeness (QED) is 0.196. The summed E-state index contributed by atoms with van der Waals surface area (Å²) in [6.07, 6.45) is 4.33. The van der Waals surface area contributed by atoms with Crippen LogP contribution in [0.3, 0.4) is 0 Å². The lowest BCUT2D eigenvalue weighted by Crippen LogP contribution is -2.45. The molecule has 0 aliphatic carbocycles. The first kappa shape index (κ1) is 26.9. The van der Waals surface area contributed by atoms with Crippen molar-refractivity contribution in [2.75, 3.05) is 6.67 Å². The van der Waals surface area contributed by atoms with Crippen LogP contribution >= 0.6 is 0 Å². The Hall–Kier alpha value is -3.72. The average molecular weight is 513 g/mol. The van der Waals surface area contributed by atoms with Crippen molar-refractivity contribution in [1.29, 1.82) is 0 Å². The lowest BCUT2D eigenvalue weighted by molar-refractivity contribution is 0.145. The molecule has 4 aromatic rings. The Balaban J connectivity index is 1.68. The molecule has 1 fully saturated rings. The van der Waals surface area contributed by atoms with Gasteiger partial charge in [0.1, 0.15) is 0 Å². The topological polar surface area (TPSA) is 6.48 Å². The van der Waals surface area contributed by atoms with Crippen molar-refractivity contribution in [1.82, 2.24) is 9.80 Å². The largest absolute Gasteiger partial charge is 0.278 e. The Morgan fingerprint density at radius 1 is 0.513 bits per heavy atom. The Morgan fingerprint density at radius 2 is 0.795 bits per heavy atom. The minimum Gasteiger partial charge on any atom is -0.278 e. The Labute approximate surface area is 234 Å². The van der Waals surface area contributed by atoms with Gasteiger partial charge in [-0.3, -0.25) is 9.80 Å². The molecular formula is C37H40N2. The molecule has 0 aromatic heterocycles. The van der Waals surface area contributed by atoms with Crippen molar-refractivity contribution >= 4 is 0 Å². The van der Waals surface area contributed by atoms with Crippen molar-refractivity contribution in [3.05, 3.63) is 169 Å². The molecule has 0 saturated carbocycles. The summed E-state index contributed by atoms with van der Waals surface area (Å²) in [4.78, 5) is 5.41. The third-order valence-electron chi connectivity index (χ3n) is 8.61. The highest BCUT2D eigenvalue weighted by Crippen LogP contribution is 2.46. The van der Waals surface area contributed by atoms with Crippen LogP contribution in [0, 0.1) is 0 Å². The van der Waals surface area contributed by atoms with Crippen molar-refractivity contribution in [2.24, 2.45) is 0 Å². The molecule has 1 heterocycles. The molecule has 1 aliphatic heterocycles. The molecule has 2 heteroatoms. The molecule has 1 saturated heterocycles. The normalized spacial score (nSPS) is 21.1. The smallest absolute Gasteiger partial charge is 0.0525 e. The zero-order valence-electron chi connectivity index (χ0n) is 23.2. The van der Waals surface area contributed by atoms with E-state index < -0.39 is 0 Å². The molecule has 0 spiro atoms. The molecule has 0 amide bonds. The molecular weight excluding hydrogens is 472 g/mol. The average Bonchev–Trinajstić information content (AvgIpc) is 3.39. The van der Waals surface area contributed by atoms with E-state index in [2.05, 4.69) is 170 Å². The van der Waals surface area contributed by atoms with Gasteiger partial charge in [0.15, 0.2) is 0 Å². The van der Waals surface area contributed by atoms with E-state index in [4.69, 9.17) is 0 Å². The van der Waals surface area contributed by atoms with Crippen molar-refractivity contribution < 1.29 is 0 Å². The fraction of sp³-hybridized carbons (Fsp3) is 0.243. The van der Waals surface area contributed by atoms with Gasteiger partial charge >= 0.3 is 0 Å². The first-order valence-electron chi connectivity index (χ1n) is 14.1. The van der Waals surface area contributed by atoms with Crippen LogP contribution in [0.1, 0.15) is 60.0 Å². The summed E-state index contributed by atoms with van der Waals surface area (Å²) in [5, 5.41) is 0. The fourth-order valence-electron chi connectivity index (χ4n) is 6.51. The summed E-state index contributed by atoms with van der Waals surface area (Å²) in [6.45, 7) is 14.4. The summed E-state index contributed by atoms with van der Waals surface area (Å²) in [5.41, 5.74) is 5.28. The molecule has 4 aromatic carbocycles. The molecule has 2 nitrogen and oxygen atoms in total. The van der Waals surface area contributed by atoms with Gasteiger partial charge in [0, 0.05) is 36.0 Å². The standard InChI is InChI=1S/C37H40N2/c1-5-34(32-23-15-9-16-24-32)36-37(35(6-2)33-25-17-10-18-26-33)39(29(4)31-21-13-8-14-22-31)27-38(36)28(3)30-19-11-7-12-20-30/h5-26,28-29,34-37H,1-2,27H2,3-4H3/t28-,29-,34+,35+,36+,37+/m0/s1. The highest BCUT2D eigenvalue weighted by Gasteiger charge is 2.49. The molecule has 0 bridgehead atoms. The number of hydrogen-bond acceptors (Lipinski definition) is 2. The third-order valence-corrected chi connectivity index (χ3v) is 8.61. The van der Waals surface area contributed by atoms with Gasteiger partial charge < -0.3 is 0 Å². The van der Waals surface area contributed by atoms with Gasteiger partial charge in [-0.25, -0.2) is 0 Å². The summed E-state index contributed by atoms with van der Waals surface area (Å²) in [6, 6.07) is 44.5. The predicted octanol–water partition coefficient (Wildman–Crippen LogP) is 8.76. The SMILES string of the molecule is C=C[C@H](c1ccccc1)[C@@H]1[C@@H]([C@H](C=C)c2ccccc2)N([C@@H](C)c2ccccc2)CN1[C@@H](C)c1ccccc1. The first-order chi connectivity index (χ1) is 19.1. The Morgan fingerprint density at radius 3 is 1.08 bits per heavy atom. The summed E-state index contributed by atoms with van der Waals surface area (Å²) in [7, 11) is 0. The van der Waals surface area contributed by atoms with Crippen molar-refractivity contribution in [3.63, 3.8) is 0 Å². The van der Waals surface area contributed by atoms with Crippen LogP contribution in [-0.4, -0.2) is 28.6 Å².